The van der Waals surface area contributed by atoms with Crippen molar-refractivity contribution >= 4 is 17.5 Å². The smallest absolute Gasteiger partial charge is 0.291 e. The lowest BCUT2D eigenvalue weighted by Gasteiger charge is -2.20. The summed E-state index contributed by atoms with van der Waals surface area (Å²) in [5.41, 5.74) is 2.29. The van der Waals surface area contributed by atoms with Crippen molar-refractivity contribution in [1.82, 2.24) is 20.1 Å². The SMILES string of the molecule is CN1C(=O)[C@H](NC(=O)c2ncn(Cc3ccccc3)n2)COc2ccc(C#CC(C)(C)C)cc21. The Morgan fingerprint density at radius 2 is 1.97 bits per heavy atom. The van der Waals surface area contributed by atoms with Crippen LogP contribution in [0.2, 0.25) is 0 Å². The third-order valence-electron chi connectivity index (χ3n) is 5.17. The number of aromatic nitrogens is 3. The van der Waals surface area contributed by atoms with Gasteiger partial charge in [0.25, 0.3) is 11.8 Å². The van der Waals surface area contributed by atoms with Crippen LogP contribution in [0.25, 0.3) is 0 Å². The maximum Gasteiger partial charge on any atom is 0.291 e. The van der Waals surface area contributed by atoms with Crippen molar-refractivity contribution in [3.05, 3.63) is 71.8 Å². The first-order chi connectivity index (χ1) is 16.2. The van der Waals surface area contributed by atoms with Crippen LogP contribution < -0.4 is 15.0 Å². The van der Waals surface area contributed by atoms with Crippen LogP contribution in [0.15, 0.2) is 54.9 Å². The fourth-order valence-corrected chi connectivity index (χ4v) is 3.41. The van der Waals surface area contributed by atoms with Crippen LogP contribution in [0.1, 0.15) is 42.5 Å². The van der Waals surface area contributed by atoms with Crippen LogP contribution in [0.5, 0.6) is 5.75 Å². The van der Waals surface area contributed by atoms with Gasteiger partial charge in [-0.3, -0.25) is 9.59 Å². The van der Waals surface area contributed by atoms with Gasteiger partial charge >= 0.3 is 0 Å². The van der Waals surface area contributed by atoms with Gasteiger partial charge in [-0.2, -0.15) is 0 Å². The predicted octanol–water partition coefficient (Wildman–Crippen LogP) is 2.88. The van der Waals surface area contributed by atoms with Gasteiger partial charge in [0.05, 0.1) is 12.2 Å². The summed E-state index contributed by atoms with van der Waals surface area (Å²) >= 11 is 0. The highest BCUT2D eigenvalue weighted by Gasteiger charge is 2.31. The third-order valence-corrected chi connectivity index (χ3v) is 5.17. The number of fused-ring (bicyclic) bond motifs is 1. The van der Waals surface area contributed by atoms with Crippen molar-refractivity contribution < 1.29 is 14.3 Å². The molecular weight excluding hydrogens is 430 g/mol. The van der Waals surface area contributed by atoms with Crippen LogP contribution in [-0.2, 0) is 11.3 Å². The molecule has 0 fully saturated rings. The molecule has 3 aromatic rings. The summed E-state index contributed by atoms with van der Waals surface area (Å²) in [5, 5.41) is 6.95. The van der Waals surface area contributed by atoms with E-state index in [4.69, 9.17) is 4.74 Å². The molecule has 1 aliphatic heterocycles. The molecule has 2 amide bonds. The minimum Gasteiger partial charge on any atom is -0.489 e. The maximum atomic E-state index is 13.1. The van der Waals surface area contributed by atoms with E-state index in [9.17, 15) is 9.59 Å². The van der Waals surface area contributed by atoms with Gasteiger partial charge in [0.15, 0.2) is 0 Å². The van der Waals surface area contributed by atoms with Gasteiger partial charge in [-0.05, 0) is 44.5 Å². The molecule has 0 radical (unpaired) electrons. The number of nitrogens with zero attached hydrogens (tertiary/aromatic N) is 4. The van der Waals surface area contributed by atoms with Crippen molar-refractivity contribution in [2.24, 2.45) is 5.41 Å². The molecule has 1 aliphatic rings. The van der Waals surface area contributed by atoms with Crippen molar-refractivity contribution in [3.8, 4) is 17.6 Å². The lowest BCUT2D eigenvalue weighted by atomic mass is 9.97. The molecule has 2 heterocycles. The summed E-state index contributed by atoms with van der Waals surface area (Å²) < 4.78 is 7.43. The van der Waals surface area contributed by atoms with Crippen molar-refractivity contribution in [1.29, 1.82) is 0 Å². The number of likely N-dealkylation sites (N-methyl/N-ethyl adjacent to an activating group) is 1. The Labute approximate surface area is 198 Å². The molecule has 8 nitrogen and oxygen atoms in total. The Bertz CT molecular complexity index is 1260. The molecule has 1 N–H and O–H groups in total. The van der Waals surface area contributed by atoms with Crippen LogP contribution in [0, 0.1) is 17.3 Å². The second-order valence-corrected chi connectivity index (χ2v) is 9.17. The number of nitrogens with one attached hydrogen (secondary N) is 1. The Kier molecular flexibility index (Phi) is 6.37. The predicted molar refractivity (Wildman–Crippen MR) is 129 cm³/mol. The van der Waals surface area contributed by atoms with E-state index in [1.54, 1.807) is 17.8 Å². The Hall–Kier alpha value is -4.12. The number of amides is 2. The highest BCUT2D eigenvalue weighted by atomic mass is 16.5. The minimum absolute atomic E-state index is 0.000344. The van der Waals surface area contributed by atoms with E-state index in [-0.39, 0.29) is 23.8 Å². The van der Waals surface area contributed by atoms with Crippen LogP contribution in [0.4, 0.5) is 5.69 Å². The first-order valence-corrected chi connectivity index (χ1v) is 11.0. The lowest BCUT2D eigenvalue weighted by Crippen LogP contribution is -2.49. The lowest BCUT2D eigenvalue weighted by molar-refractivity contribution is -0.120. The summed E-state index contributed by atoms with van der Waals surface area (Å²) in [4.78, 5) is 31.4. The molecule has 0 bridgehead atoms. The zero-order valence-electron chi connectivity index (χ0n) is 19.7. The highest BCUT2D eigenvalue weighted by molar-refractivity contribution is 6.02. The minimum atomic E-state index is -0.880. The number of benzene rings is 2. The molecule has 4 rings (SSSR count). The van der Waals surface area contributed by atoms with E-state index < -0.39 is 11.9 Å². The molecule has 0 saturated carbocycles. The van der Waals surface area contributed by atoms with Crippen molar-refractivity contribution in [3.63, 3.8) is 0 Å². The van der Waals surface area contributed by atoms with Crippen molar-refractivity contribution in [2.45, 2.75) is 33.4 Å². The average molecular weight is 458 g/mol. The molecule has 1 atom stereocenters. The topological polar surface area (TPSA) is 89.4 Å². The van der Waals surface area contributed by atoms with Gasteiger partial charge in [-0.15, -0.1) is 5.10 Å². The van der Waals surface area contributed by atoms with Gasteiger partial charge in [-0.25, -0.2) is 9.67 Å². The number of hydrogen-bond acceptors (Lipinski definition) is 5. The molecular formula is C26H27N5O3. The number of ether oxygens (including phenoxy) is 1. The number of carbonyl (C=O) groups is 2. The second-order valence-electron chi connectivity index (χ2n) is 9.17. The number of rotatable bonds is 4. The summed E-state index contributed by atoms with van der Waals surface area (Å²) in [6.45, 7) is 6.60. The summed E-state index contributed by atoms with van der Waals surface area (Å²) in [7, 11) is 1.66. The zero-order chi connectivity index (χ0) is 24.3. The first-order valence-electron chi connectivity index (χ1n) is 11.0. The molecule has 0 saturated heterocycles. The summed E-state index contributed by atoms with van der Waals surface area (Å²) in [6, 6.07) is 14.3. The largest absolute Gasteiger partial charge is 0.489 e. The molecule has 0 unspecified atom stereocenters. The van der Waals surface area contributed by atoms with E-state index >= 15 is 0 Å². The van der Waals surface area contributed by atoms with Gasteiger partial charge in [0.2, 0.25) is 5.82 Å². The van der Waals surface area contributed by atoms with E-state index in [1.807, 2.05) is 63.2 Å². The standard InChI is InChI=1S/C26H27N5O3/c1-26(2,3)13-12-18-10-11-22-21(14-18)30(4)25(33)20(16-34-22)28-24(32)23-27-17-31(29-23)15-19-8-6-5-7-9-19/h5-11,14,17,20H,15-16H2,1-4H3,(H,28,32)/t20-/m1/s1. The summed E-state index contributed by atoms with van der Waals surface area (Å²) in [6.07, 6.45) is 1.50. The molecule has 2 aromatic carbocycles. The number of anilines is 1. The van der Waals surface area contributed by atoms with Gasteiger partial charge in [0, 0.05) is 18.0 Å². The average Bonchev–Trinajstić information content (AvgIpc) is 3.24. The van der Waals surface area contributed by atoms with Crippen LogP contribution in [0.3, 0.4) is 0 Å². The van der Waals surface area contributed by atoms with Gasteiger partial charge in [-0.1, -0.05) is 42.2 Å². The van der Waals surface area contributed by atoms with E-state index in [0.29, 0.717) is 18.0 Å². The first kappa shape index (κ1) is 23.1. The van der Waals surface area contributed by atoms with Crippen LogP contribution in [-0.4, -0.2) is 46.3 Å². The second kappa shape index (κ2) is 9.40. The van der Waals surface area contributed by atoms with E-state index in [0.717, 1.165) is 11.1 Å². The van der Waals surface area contributed by atoms with Gasteiger partial charge in [0.1, 0.15) is 24.7 Å². The molecule has 8 heteroatoms. The van der Waals surface area contributed by atoms with Gasteiger partial charge < -0.3 is 15.0 Å². The molecule has 0 aliphatic carbocycles. The quantitative estimate of drug-likeness (QED) is 0.609. The third kappa shape index (κ3) is 5.44. The number of hydrogen-bond donors (Lipinski definition) is 1. The normalized spacial score (nSPS) is 15.5. The highest BCUT2D eigenvalue weighted by Crippen LogP contribution is 2.31. The molecule has 0 spiro atoms. The fraction of sp³-hybridized carbons (Fsp3) is 0.308. The van der Waals surface area contributed by atoms with E-state index in [1.165, 1.54) is 11.2 Å². The Balaban J connectivity index is 1.46. The van der Waals surface area contributed by atoms with Crippen molar-refractivity contribution in [2.75, 3.05) is 18.6 Å². The maximum absolute atomic E-state index is 13.1. The van der Waals surface area contributed by atoms with Crippen LogP contribution >= 0.6 is 0 Å². The zero-order valence-corrected chi connectivity index (χ0v) is 19.7. The number of carbonyl (C=O) groups excluding carboxylic acids is 2. The Morgan fingerprint density at radius 3 is 2.71 bits per heavy atom. The summed E-state index contributed by atoms with van der Waals surface area (Å²) in [5.74, 6) is 6.05. The fourth-order valence-electron chi connectivity index (χ4n) is 3.41. The molecule has 1 aromatic heterocycles. The van der Waals surface area contributed by atoms with E-state index in [2.05, 4.69) is 27.2 Å². The molecule has 174 valence electrons. The Morgan fingerprint density at radius 1 is 1.21 bits per heavy atom. The molecule has 34 heavy (non-hydrogen) atoms. The monoisotopic (exact) mass is 457 g/mol.